The van der Waals surface area contributed by atoms with E-state index in [1.165, 1.54) is 0 Å². The first kappa shape index (κ1) is 12.2. The van der Waals surface area contributed by atoms with E-state index in [9.17, 15) is 19.8 Å². The predicted molar refractivity (Wildman–Crippen MR) is 66.5 cm³/mol. The van der Waals surface area contributed by atoms with Crippen LogP contribution in [0.2, 0.25) is 0 Å². The molecule has 0 amide bonds. The molecule has 0 aromatic heterocycles. The lowest BCUT2D eigenvalue weighted by molar-refractivity contribution is -0.145. The molecule has 0 bridgehead atoms. The van der Waals surface area contributed by atoms with Crippen molar-refractivity contribution >= 4 is 11.9 Å². The molecular formula is C14H15NO4. The SMILES string of the molecule is NC1(C(=O)O)CC(c2ccccc2)C2C1[C@H]2C(=O)O. The monoisotopic (exact) mass is 261 g/mol. The molecule has 0 aliphatic heterocycles. The van der Waals surface area contributed by atoms with Gasteiger partial charge in [0.05, 0.1) is 5.92 Å². The van der Waals surface area contributed by atoms with Crippen LogP contribution >= 0.6 is 0 Å². The highest BCUT2D eigenvalue weighted by Gasteiger charge is 2.73. The third-order valence-electron chi connectivity index (χ3n) is 4.60. The minimum absolute atomic E-state index is 0.0756. The number of carbonyl (C=O) groups is 2. The zero-order valence-electron chi connectivity index (χ0n) is 10.2. The molecule has 0 saturated heterocycles. The van der Waals surface area contributed by atoms with Crippen molar-refractivity contribution in [1.29, 1.82) is 0 Å². The van der Waals surface area contributed by atoms with Crippen molar-refractivity contribution in [3.63, 3.8) is 0 Å². The van der Waals surface area contributed by atoms with Gasteiger partial charge in [0.1, 0.15) is 5.54 Å². The van der Waals surface area contributed by atoms with Crippen molar-refractivity contribution < 1.29 is 19.8 Å². The van der Waals surface area contributed by atoms with Gasteiger partial charge in [0.2, 0.25) is 0 Å². The van der Waals surface area contributed by atoms with Crippen LogP contribution in [0.5, 0.6) is 0 Å². The summed E-state index contributed by atoms with van der Waals surface area (Å²) in [6.45, 7) is 0. The highest BCUT2D eigenvalue weighted by atomic mass is 16.4. The lowest BCUT2D eigenvalue weighted by Gasteiger charge is -2.24. The largest absolute Gasteiger partial charge is 0.481 e. The van der Waals surface area contributed by atoms with Gasteiger partial charge in [-0.25, -0.2) is 0 Å². The van der Waals surface area contributed by atoms with Gasteiger partial charge < -0.3 is 15.9 Å². The molecule has 0 radical (unpaired) electrons. The Labute approximate surface area is 110 Å². The van der Waals surface area contributed by atoms with Crippen LogP contribution in [0.25, 0.3) is 0 Å². The summed E-state index contributed by atoms with van der Waals surface area (Å²) in [5, 5.41) is 18.5. The zero-order chi connectivity index (χ0) is 13.8. The fourth-order valence-corrected chi connectivity index (χ4v) is 3.72. The molecule has 19 heavy (non-hydrogen) atoms. The van der Waals surface area contributed by atoms with E-state index in [1.807, 2.05) is 30.3 Å². The summed E-state index contributed by atoms with van der Waals surface area (Å²) in [5.41, 5.74) is 5.55. The lowest BCUT2D eigenvalue weighted by Crippen LogP contribution is -2.50. The van der Waals surface area contributed by atoms with Gasteiger partial charge in [-0.15, -0.1) is 0 Å². The number of nitrogens with two attached hydrogens (primary N) is 1. The Kier molecular flexibility index (Phi) is 2.44. The minimum atomic E-state index is -1.41. The molecule has 2 fully saturated rings. The molecular weight excluding hydrogens is 246 g/mol. The van der Waals surface area contributed by atoms with E-state index in [-0.39, 0.29) is 11.8 Å². The minimum Gasteiger partial charge on any atom is -0.481 e. The number of hydrogen-bond acceptors (Lipinski definition) is 3. The van der Waals surface area contributed by atoms with Gasteiger partial charge in [-0.3, -0.25) is 9.59 Å². The Morgan fingerprint density at radius 2 is 1.84 bits per heavy atom. The van der Waals surface area contributed by atoms with Crippen molar-refractivity contribution in [2.75, 3.05) is 0 Å². The fourth-order valence-electron chi connectivity index (χ4n) is 3.72. The highest BCUT2D eigenvalue weighted by molar-refractivity contribution is 5.85. The molecule has 5 nitrogen and oxygen atoms in total. The van der Waals surface area contributed by atoms with Gasteiger partial charge in [0.25, 0.3) is 0 Å². The number of fused-ring (bicyclic) bond motifs is 1. The second kappa shape index (κ2) is 3.81. The van der Waals surface area contributed by atoms with Crippen LogP contribution in [0.15, 0.2) is 30.3 Å². The quantitative estimate of drug-likeness (QED) is 0.750. The van der Waals surface area contributed by atoms with Crippen LogP contribution in [0.1, 0.15) is 17.9 Å². The summed E-state index contributed by atoms with van der Waals surface area (Å²) >= 11 is 0. The Hall–Kier alpha value is -1.88. The molecule has 5 atom stereocenters. The van der Waals surface area contributed by atoms with E-state index in [2.05, 4.69) is 0 Å². The molecule has 2 aliphatic carbocycles. The maximum atomic E-state index is 11.4. The molecule has 0 spiro atoms. The first-order valence-electron chi connectivity index (χ1n) is 6.27. The molecule has 2 saturated carbocycles. The molecule has 4 unspecified atom stereocenters. The van der Waals surface area contributed by atoms with Crippen LogP contribution in [-0.4, -0.2) is 27.7 Å². The molecule has 4 N–H and O–H groups in total. The molecule has 1 aromatic carbocycles. The van der Waals surface area contributed by atoms with E-state index in [1.54, 1.807) is 0 Å². The Morgan fingerprint density at radius 1 is 1.21 bits per heavy atom. The van der Waals surface area contributed by atoms with E-state index in [4.69, 9.17) is 5.73 Å². The van der Waals surface area contributed by atoms with Crippen molar-refractivity contribution in [3.8, 4) is 0 Å². The van der Waals surface area contributed by atoms with Crippen molar-refractivity contribution in [2.24, 2.45) is 23.5 Å². The smallest absolute Gasteiger partial charge is 0.324 e. The summed E-state index contributed by atoms with van der Waals surface area (Å²) < 4.78 is 0. The average molecular weight is 261 g/mol. The van der Waals surface area contributed by atoms with E-state index in [0.717, 1.165) is 5.56 Å². The van der Waals surface area contributed by atoms with Crippen LogP contribution < -0.4 is 5.73 Å². The third kappa shape index (κ3) is 1.58. The van der Waals surface area contributed by atoms with E-state index in [0.29, 0.717) is 6.42 Å². The lowest BCUT2D eigenvalue weighted by atomic mass is 9.84. The van der Waals surface area contributed by atoms with Crippen LogP contribution in [-0.2, 0) is 9.59 Å². The van der Waals surface area contributed by atoms with E-state index >= 15 is 0 Å². The first-order chi connectivity index (χ1) is 8.97. The van der Waals surface area contributed by atoms with E-state index < -0.39 is 29.3 Å². The molecule has 0 heterocycles. The van der Waals surface area contributed by atoms with Crippen LogP contribution in [0.4, 0.5) is 0 Å². The first-order valence-corrected chi connectivity index (χ1v) is 6.27. The topological polar surface area (TPSA) is 101 Å². The number of benzene rings is 1. The normalized spacial score (nSPS) is 39.6. The van der Waals surface area contributed by atoms with Gasteiger partial charge in [-0.05, 0) is 23.8 Å². The highest BCUT2D eigenvalue weighted by Crippen LogP contribution is 2.67. The maximum absolute atomic E-state index is 11.4. The van der Waals surface area contributed by atoms with Gasteiger partial charge in [0, 0.05) is 5.92 Å². The second-order valence-electron chi connectivity index (χ2n) is 5.53. The summed E-state index contributed by atoms with van der Waals surface area (Å²) in [5.74, 6) is -3.33. The Bertz CT molecular complexity index is 544. The number of carboxylic acid groups (broad SMARTS) is 2. The number of carboxylic acids is 2. The molecule has 5 heteroatoms. The number of hydrogen-bond donors (Lipinski definition) is 3. The van der Waals surface area contributed by atoms with Crippen LogP contribution in [0.3, 0.4) is 0 Å². The maximum Gasteiger partial charge on any atom is 0.324 e. The molecule has 3 rings (SSSR count). The van der Waals surface area contributed by atoms with Crippen LogP contribution in [0, 0.1) is 17.8 Å². The standard InChI is InChI=1S/C14H15NO4/c15-14(13(18)19)6-8(7-4-2-1-3-5-7)9-10(11(9)14)12(16)17/h1-5,8-11H,6,15H2,(H,16,17)(H,18,19)/t8?,9?,10-,11?,14?/m0/s1. The van der Waals surface area contributed by atoms with Crippen molar-refractivity contribution in [3.05, 3.63) is 35.9 Å². The van der Waals surface area contributed by atoms with Crippen molar-refractivity contribution in [2.45, 2.75) is 17.9 Å². The second-order valence-corrected chi connectivity index (χ2v) is 5.53. The summed E-state index contributed by atoms with van der Waals surface area (Å²) in [6, 6.07) is 9.45. The van der Waals surface area contributed by atoms with Gasteiger partial charge in [-0.1, -0.05) is 30.3 Å². The van der Waals surface area contributed by atoms with Gasteiger partial charge in [-0.2, -0.15) is 0 Å². The zero-order valence-corrected chi connectivity index (χ0v) is 10.2. The summed E-state index contributed by atoms with van der Waals surface area (Å²) in [4.78, 5) is 22.6. The molecule has 100 valence electrons. The fraction of sp³-hybridized carbons (Fsp3) is 0.429. The predicted octanol–water partition coefficient (Wildman–Crippen LogP) is 0.903. The van der Waals surface area contributed by atoms with Gasteiger partial charge in [0.15, 0.2) is 0 Å². The average Bonchev–Trinajstić information content (AvgIpc) is 3.05. The molecule has 1 aromatic rings. The van der Waals surface area contributed by atoms with Gasteiger partial charge >= 0.3 is 11.9 Å². The summed E-state index contributed by atoms with van der Waals surface area (Å²) in [7, 11) is 0. The Morgan fingerprint density at radius 3 is 2.37 bits per heavy atom. The third-order valence-corrected chi connectivity index (χ3v) is 4.60. The summed E-state index contributed by atoms with van der Waals surface area (Å²) in [6.07, 6.45) is 0.311. The Balaban J connectivity index is 1.97. The molecule has 2 aliphatic rings. The number of rotatable bonds is 3. The number of aliphatic carboxylic acids is 2. The van der Waals surface area contributed by atoms with Crippen molar-refractivity contribution in [1.82, 2.24) is 0 Å².